The van der Waals surface area contributed by atoms with Crippen molar-refractivity contribution in [2.45, 2.75) is 6.61 Å². The van der Waals surface area contributed by atoms with Crippen molar-refractivity contribution in [1.29, 1.82) is 5.26 Å². The average Bonchev–Trinajstić information content (AvgIpc) is 2.46. The minimum absolute atomic E-state index is 0.356. The number of nitrogens with zero attached hydrogens (tertiary/aromatic N) is 1. The first kappa shape index (κ1) is 13.4. The van der Waals surface area contributed by atoms with Crippen LogP contribution in [-0.2, 0) is 6.61 Å². The molecule has 0 fully saturated rings. The fourth-order valence-corrected chi connectivity index (χ4v) is 2.05. The van der Waals surface area contributed by atoms with Gasteiger partial charge >= 0.3 is 0 Å². The molecule has 2 aromatic rings. The molecule has 0 N–H and O–H groups in total. The molecule has 0 saturated heterocycles. The second-order valence-corrected chi connectivity index (χ2v) is 4.71. The molecular formula is C15H12BrNO2. The molecule has 0 amide bonds. The highest BCUT2D eigenvalue weighted by atomic mass is 79.9. The Kier molecular flexibility index (Phi) is 4.43. The maximum absolute atomic E-state index is 9.00. The van der Waals surface area contributed by atoms with Crippen molar-refractivity contribution < 1.29 is 9.47 Å². The number of rotatable bonds is 4. The molecule has 4 heteroatoms. The van der Waals surface area contributed by atoms with Crippen molar-refractivity contribution in [3.63, 3.8) is 0 Å². The van der Waals surface area contributed by atoms with Gasteiger partial charge in [0.15, 0.2) is 0 Å². The van der Waals surface area contributed by atoms with Crippen LogP contribution in [0.1, 0.15) is 11.1 Å². The molecular weight excluding hydrogens is 306 g/mol. The first-order valence-corrected chi connectivity index (χ1v) is 6.48. The molecule has 2 aromatic carbocycles. The van der Waals surface area contributed by atoms with Gasteiger partial charge in [-0.15, -0.1) is 0 Å². The number of hydrogen-bond donors (Lipinski definition) is 0. The molecule has 0 saturated carbocycles. The summed E-state index contributed by atoms with van der Waals surface area (Å²) in [6.45, 7) is 0.356. The van der Waals surface area contributed by atoms with Crippen LogP contribution < -0.4 is 9.47 Å². The van der Waals surface area contributed by atoms with E-state index in [1.807, 2.05) is 30.3 Å². The summed E-state index contributed by atoms with van der Waals surface area (Å²) < 4.78 is 11.8. The quantitative estimate of drug-likeness (QED) is 0.858. The highest BCUT2D eigenvalue weighted by Gasteiger charge is 2.05. The summed E-state index contributed by atoms with van der Waals surface area (Å²) in [5.41, 5.74) is 1.50. The van der Waals surface area contributed by atoms with E-state index in [4.69, 9.17) is 14.7 Å². The number of nitriles is 1. The Morgan fingerprint density at radius 3 is 2.74 bits per heavy atom. The largest absolute Gasteiger partial charge is 0.495 e. The smallest absolute Gasteiger partial charge is 0.136 e. The minimum atomic E-state index is 0.356. The van der Waals surface area contributed by atoms with Gasteiger partial charge in [0, 0.05) is 11.6 Å². The van der Waals surface area contributed by atoms with Gasteiger partial charge in [0.25, 0.3) is 0 Å². The standard InChI is InChI=1S/C15H12BrNO2/c1-18-15-8-13(6-7-14(15)16)19-10-12-5-3-2-4-11(12)9-17/h2-8H,10H2,1H3. The monoisotopic (exact) mass is 317 g/mol. The van der Waals surface area contributed by atoms with E-state index in [1.165, 1.54) is 0 Å². The maximum Gasteiger partial charge on any atom is 0.136 e. The second-order valence-electron chi connectivity index (χ2n) is 3.85. The molecule has 0 aliphatic heterocycles. The third-order valence-corrected chi connectivity index (χ3v) is 3.31. The molecule has 0 aliphatic carbocycles. The Morgan fingerprint density at radius 2 is 2.00 bits per heavy atom. The van der Waals surface area contributed by atoms with Gasteiger partial charge in [-0.3, -0.25) is 0 Å². The third kappa shape index (κ3) is 3.27. The van der Waals surface area contributed by atoms with Gasteiger partial charge in [-0.2, -0.15) is 5.26 Å². The lowest BCUT2D eigenvalue weighted by Crippen LogP contribution is -1.98. The topological polar surface area (TPSA) is 42.2 Å². The molecule has 3 nitrogen and oxygen atoms in total. The lowest BCUT2D eigenvalue weighted by atomic mass is 10.1. The number of halogens is 1. The molecule has 0 radical (unpaired) electrons. The fourth-order valence-electron chi connectivity index (χ4n) is 1.65. The van der Waals surface area contributed by atoms with Crippen molar-refractivity contribution >= 4 is 15.9 Å². The summed E-state index contributed by atoms with van der Waals surface area (Å²) in [6.07, 6.45) is 0. The van der Waals surface area contributed by atoms with Crippen molar-refractivity contribution in [3.05, 3.63) is 58.1 Å². The number of hydrogen-bond acceptors (Lipinski definition) is 3. The van der Waals surface area contributed by atoms with Crippen LogP contribution in [-0.4, -0.2) is 7.11 Å². The second kappa shape index (κ2) is 6.26. The summed E-state index contributed by atoms with van der Waals surface area (Å²) in [5.74, 6) is 1.42. The normalized spacial score (nSPS) is 9.74. The number of benzene rings is 2. The van der Waals surface area contributed by atoms with Crippen molar-refractivity contribution in [3.8, 4) is 17.6 Å². The van der Waals surface area contributed by atoms with Crippen LogP contribution in [0.2, 0.25) is 0 Å². The van der Waals surface area contributed by atoms with Crippen LogP contribution >= 0.6 is 15.9 Å². The number of methoxy groups -OCH3 is 1. The third-order valence-electron chi connectivity index (χ3n) is 2.65. The molecule has 0 unspecified atom stereocenters. The summed E-state index contributed by atoms with van der Waals surface area (Å²) in [7, 11) is 1.61. The Balaban J connectivity index is 2.13. The summed E-state index contributed by atoms with van der Waals surface area (Å²) in [5, 5.41) is 9.00. The van der Waals surface area contributed by atoms with E-state index in [0.29, 0.717) is 23.7 Å². The van der Waals surface area contributed by atoms with E-state index >= 15 is 0 Å². The SMILES string of the molecule is COc1cc(OCc2ccccc2C#N)ccc1Br. The highest BCUT2D eigenvalue weighted by Crippen LogP contribution is 2.29. The predicted octanol–water partition coefficient (Wildman–Crippen LogP) is 3.91. The van der Waals surface area contributed by atoms with Crippen LogP contribution in [0.5, 0.6) is 11.5 Å². The molecule has 0 heterocycles. The van der Waals surface area contributed by atoms with E-state index in [2.05, 4.69) is 22.0 Å². The van der Waals surface area contributed by atoms with E-state index in [1.54, 1.807) is 19.2 Å². The summed E-state index contributed by atoms with van der Waals surface area (Å²) in [6, 6.07) is 15.1. The fraction of sp³-hybridized carbons (Fsp3) is 0.133. The van der Waals surface area contributed by atoms with Gasteiger partial charge < -0.3 is 9.47 Å². The van der Waals surface area contributed by atoms with E-state index in [-0.39, 0.29) is 0 Å². The lowest BCUT2D eigenvalue weighted by molar-refractivity contribution is 0.303. The first-order chi connectivity index (χ1) is 9.24. The van der Waals surface area contributed by atoms with Gasteiger partial charge in [-0.1, -0.05) is 18.2 Å². The summed E-state index contributed by atoms with van der Waals surface area (Å²) >= 11 is 3.39. The molecule has 0 spiro atoms. The Hall–Kier alpha value is -1.99. The van der Waals surface area contributed by atoms with Crippen molar-refractivity contribution in [2.75, 3.05) is 7.11 Å². The van der Waals surface area contributed by atoms with Gasteiger partial charge in [0.1, 0.15) is 18.1 Å². The van der Waals surface area contributed by atoms with Crippen molar-refractivity contribution in [2.24, 2.45) is 0 Å². The molecule has 96 valence electrons. The molecule has 0 aromatic heterocycles. The van der Waals surface area contributed by atoms with Crippen LogP contribution in [0.25, 0.3) is 0 Å². The van der Waals surface area contributed by atoms with Crippen LogP contribution in [0, 0.1) is 11.3 Å². The Labute approximate surface area is 120 Å². The molecule has 19 heavy (non-hydrogen) atoms. The first-order valence-electron chi connectivity index (χ1n) is 5.69. The van der Waals surface area contributed by atoms with Crippen LogP contribution in [0.4, 0.5) is 0 Å². The predicted molar refractivity (Wildman–Crippen MR) is 76.2 cm³/mol. The average molecular weight is 318 g/mol. The molecule has 2 rings (SSSR count). The van der Waals surface area contributed by atoms with Gasteiger partial charge in [0.2, 0.25) is 0 Å². The minimum Gasteiger partial charge on any atom is -0.495 e. The number of ether oxygens (including phenoxy) is 2. The molecule has 0 bridgehead atoms. The van der Waals surface area contributed by atoms with Gasteiger partial charge in [0.05, 0.1) is 23.2 Å². The summed E-state index contributed by atoms with van der Waals surface area (Å²) in [4.78, 5) is 0. The zero-order valence-electron chi connectivity index (χ0n) is 10.4. The zero-order valence-corrected chi connectivity index (χ0v) is 12.0. The zero-order chi connectivity index (χ0) is 13.7. The van der Waals surface area contributed by atoms with Crippen molar-refractivity contribution in [1.82, 2.24) is 0 Å². The van der Waals surface area contributed by atoms with Crippen LogP contribution in [0.15, 0.2) is 46.9 Å². The van der Waals surface area contributed by atoms with E-state index in [0.717, 1.165) is 10.0 Å². The van der Waals surface area contributed by atoms with E-state index in [9.17, 15) is 0 Å². The Bertz CT molecular complexity index is 620. The molecule has 0 atom stereocenters. The van der Waals surface area contributed by atoms with E-state index < -0.39 is 0 Å². The highest BCUT2D eigenvalue weighted by molar-refractivity contribution is 9.10. The maximum atomic E-state index is 9.00. The van der Waals surface area contributed by atoms with Crippen LogP contribution in [0.3, 0.4) is 0 Å². The molecule has 0 aliphatic rings. The lowest BCUT2D eigenvalue weighted by Gasteiger charge is -2.09. The van der Waals surface area contributed by atoms with Gasteiger partial charge in [-0.25, -0.2) is 0 Å². The van der Waals surface area contributed by atoms with Gasteiger partial charge in [-0.05, 0) is 34.1 Å². The Morgan fingerprint density at radius 1 is 1.21 bits per heavy atom.